The molecule has 0 radical (unpaired) electrons. The third-order valence-corrected chi connectivity index (χ3v) is 3.39. The first-order valence-electron chi connectivity index (χ1n) is 6.86. The summed E-state index contributed by atoms with van der Waals surface area (Å²) in [6.45, 7) is 0.418. The molecule has 0 aliphatic carbocycles. The third kappa shape index (κ3) is 3.97. The summed E-state index contributed by atoms with van der Waals surface area (Å²) in [4.78, 5) is 12.1. The van der Waals surface area contributed by atoms with E-state index in [0.29, 0.717) is 12.1 Å². The molecule has 5 nitrogen and oxygen atoms in total. The van der Waals surface area contributed by atoms with Crippen LogP contribution in [-0.4, -0.2) is 5.91 Å². The van der Waals surface area contributed by atoms with Gasteiger partial charge >= 0.3 is 0 Å². The van der Waals surface area contributed by atoms with Crippen molar-refractivity contribution in [1.82, 2.24) is 5.32 Å². The molecule has 5 heteroatoms. The van der Waals surface area contributed by atoms with Gasteiger partial charge in [0.25, 0.3) is 0 Å². The number of carbonyl (C=O) groups excluding carboxylic acids is 1. The molecular formula is C17H15N3O2. The van der Waals surface area contributed by atoms with Gasteiger partial charge in [0.2, 0.25) is 5.91 Å². The van der Waals surface area contributed by atoms with Gasteiger partial charge in [0.05, 0.1) is 24.7 Å². The van der Waals surface area contributed by atoms with Gasteiger partial charge in [0.15, 0.2) is 0 Å². The molecule has 0 unspecified atom stereocenters. The first-order valence-corrected chi connectivity index (χ1v) is 6.86. The largest absolute Gasteiger partial charge is 0.472 e. The number of hydrogen-bond donors (Lipinski definition) is 1. The van der Waals surface area contributed by atoms with Gasteiger partial charge in [-0.1, -0.05) is 30.3 Å². The lowest BCUT2D eigenvalue weighted by Crippen LogP contribution is -2.26. The molecule has 0 aliphatic heterocycles. The predicted octanol–water partition coefficient (Wildman–Crippen LogP) is 2.73. The molecule has 110 valence electrons. The zero-order chi connectivity index (χ0) is 15.8. The standard InChI is InChI=1S/C17H15N3O2/c18-9-15(10-19)16(14-6-7-22-12-14)8-17(21)20-11-13-4-2-1-3-5-13/h1-7,12,15-16H,8,11H2,(H,20,21)/t16-/m0/s1. The van der Waals surface area contributed by atoms with Crippen LogP contribution in [0.25, 0.3) is 0 Å². The Bertz CT molecular complexity index is 667. The summed E-state index contributed by atoms with van der Waals surface area (Å²) in [6.07, 6.45) is 3.00. The highest BCUT2D eigenvalue weighted by Gasteiger charge is 2.26. The molecule has 0 saturated heterocycles. The van der Waals surface area contributed by atoms with Gasteiger partial charge in [0, 0.05) is 18.9 Å². The van der Waals surface area contributed by atoms with Crippen molar-refractivity contribution in [2.24, 2.45) is 5.92 Å². The smallest absolute Gasteiger partial charge is 0.220 e. The Morgan fingerprint density at radius 1 is 1.18 bits per heavy atom. The van der Waals surface area contributed by atoms with Gasteiger partial charge in [-0.2, -0.15) is 10.5 Å². The second-order valence-corrected chi connectivity index (χ2v) is 4.87. The van der Waals surface area contributed by atoms with E-state index < -0.39 is 11.8 Å². The fourth-order valence-electron chi connectivity index (χ4n) is 2.19. The molecule has 0 spiro atoms. The Labute approximate surface area is 128 Å². The van der Waals surface area contributed by atoms with Crippen LogP contribution >= 0.6 is 0 Å². The Morgan fingerprint density at radius 2 is 1.91 bits per heavy atom. The molecule has 1 aromatic carbocycles. The van der Waals surface area contributed by atoms with Crippen LogP contribution in [0.3, 0.4) is 0 Å². The normalized spacial score (nSPS) is 11.4. The molecule has 0 fully saturated rings. The highest BCUT2D eigenvalue weighted by atomic mass is 16.3. The molecular weight excluding hydrogens is 278 g/mol. The van der Waals surface area contributed by atoms with Crippen molar-refractivity contribution >= 4 is 5.91 Å². The highest BCUT2D eigenvalue weighted by molar-refractivity contribution is 5.77. The summed E-state index contributed by atoms with van der Waals surface area (Å²) in [7, 11) is 0. The molecule has 0 saturated carbocycles. The highest BCUT2D eigenvalue weighted by Crippen LogP contribution is 2.28. The average Bonchev–Trinajstić information content (AvgIpc) is 3.08. The van der Waals surface area contributed by atoms with Crippen LogP contribution in [0.4, 0.5) is 0 Å². The number of nitrogens with zero attached hydrogens (tertiary/aromatic N) is 2. The summed E-state index contributed by atoms with van der Waals surface area (Å²) in [5.41, 5.74) is 1.68. The fraction of sp³-hybridized carbons (Fsp3) is 0.235. The first-order chi connectivity index (χ1) is 10.7. The lowest BCUT2D eigenvalue weighted by molar-refractivity contribution is -0.121. The van der Waals surface area contributed by atoms with Crippen molar-refractivity contribution < 1.29 is 9.21 Å². The van der Waals surface area contributed by atoms with E-state index in [1.165, 1.54) is 12.5 Å². The van der Waals surface area contributed by atoms with Crippen LogP contribution in [0.2, 0.25) is 0 Å². The maximum Gasteiger partial charge on any atom is 0.220 e. The topological polar surface area (TPSA) is 89.8 Å². The lowest BCUT2D eigenvalue weighted by Gasteiger charge is -2.15. The molecule has 22 heavy (non-hydrogen) atoms. The van der Waals surface area contributed by atoms with Gasteiger partial charge < -0.3 is 9.73 Å². The monoisotopic (exact) mass is 293 g/mol. The quantitative estimate of drug-likeness (QED) is 0.886. The van der Waals surface area contributed by atoms with Crippen molar-refractivity contribution in [3.05, 3.63) is 60.1 Å². The number of amides is 1. The second-order valence-electron chi connectivity index (χ2n) is 4.87. The Morgan fingerprint density at radius 3 is 2.50 bits per heavy atom. The minimum Gasteiger partial charge on any atom is -0.472 e. The van der Waals surface area contributed by atoms with Crippen LogP contribution in [-0.2, 0) is 11.3 Å². The van der Waals surface area contributed by atoms with Gasteiger partial charge in [0.1, 0.15) is 5.92 Å². The van der Waals surface area contributed by atoms with Crippen molar-refractivity contribution in [3.8, 4) is 12.1 Å². The van der Waals surface area contributed by atoms with Crippen LogP contribution in [0, 0.1) is 28.6 Å². The number of furan rings is 1. The number of carbonyl (C=O) groups is 1. The van der Waals surface area contributed by atoms with Crippen LogP contribution in [0.1, 0.15) is 23.5 Å². The molecule has 2 rings (SSSR count). The molecule has 1 heterocycles. The van der Waals surface area contributed by atoms with E-state index in [2.05, 4.69) is 5.32 Å². The van der Waals surface area contributed by atoms with Crippen LogP contribution in [0.15, 0.2) is 53.3 Å². The summed E-state index contributed by atoms with van der Waals surface area (Å²) in [6, 6.07) is 15.1. The van der Waals surface area contributed by atoms with Gasteiger partial charge in [-0.25, -0.2) is 0 Å². The van der Waals surface area contributed by atoms with E-state index in [4.69, 9.17) is 14.9 Å². The molecule has 0 aliphatic rings. The second kappa shape index (κ2) is 7.66. The number of rotatable bonds is 6. The van der Waals surface area contributed by atoms with Crippen LogP contribution < -0.4 is 5.32 Å². The minimum absolute atomic E-state index is 0.0676. The molecule has 1 aromatic heterocycles. The molecule has 1 N–H and O–H groups in total. The third-order valence-electron chi connectivity index (χ3n) is 3.39. The zero-order valence-corrected chi connectivity index (χ0v) is 11.9. The average molecular weight is 293 g/mol. The molecule has 1 atom stereocenters. The van der Waals surface area contributed by atoms with E-state index >= 15 is 0 Å². The summed E-state index contributed by atoms with van der Waals surface area (Å²) in [5, 5.41) is 21.0. The minimum atomic E-state index is -0.889. The van der Waals surface area contributed by atoms with E-state index in [1.54, 1.807) is 6.07 Å². The molecule has 1 amide bonds. The molecule has 0 bridgehead atoms. The van der Waals surface area contributed by atoms with E-state index in [0.717, 1.165) is 5.56 Å². The molecule has 2 aromatic rings. The van der Waals surface area contributed by atoms with Gasteiger partial charge in [-0.15, -0.1) is 0 Å². The first kappa shape index (κ1) is 15.3. The summed E-state index contributed by atoms with van der Waals surface area (Å²) >= 11 is 0. The Kier molecular flexibility index (Phi) is 5.34. The van der Waals surface area contributed by atoms with Crippen molar-refractivity contribution in [2.45, 2.75) is 18.9 Å². The van der Waals surface area contributed by atoms with Crippen molar-refractivity contribution in [2.75, 3.05) is 0 Å². The van der Waals surface area contributed by atoms with Gasteiger partial charge in [-0.3, -0.25) is 4.79 Å². The van der Waals surface area contributed by atoms with E-state index in [1.807, 2.05) is 42.5 Å². The van der Waals surface area contributed by atoms with E-state index in [9.17, 15) is 4.79 Å². The number of nitrogens with one attached hydrogen (secondary N) is 1. The summed E-state index contributed by atoms with van der Waals surface area (Å²) in [5.74, 6) is -1.59. The lowest BCUT2D eigenvalue weighted by atomic mass is 9.86. The Balaban J connectivity index is 2.00. The van der Waals surface area contributed by atoms with E-state index in [-0.39, 0.29) is 12.3 Å². The maximum atomic E-state index is 12.1. The SMILES string of the molecule is N#CC(C#N)[C@@H](CC(=O)NCc1ccccc1)c1ccoc1. The summed E-state index contributed by atoms with van der Waals surface area (Å²) < 4.78 is 4.99. The maximum absolute atomic E-state index is 12.1. The van der Waals surface area contributed by atoms with Crippen molar-refractivity contribution in [1.29, 1.82) is 10.5 Å². The number of benzene rings is 1. The van der Waals surface area contributed by atoms with Crippen LogP contribution in [0.5, 0.6) is 0 Å². The fourth-order valence-corrected chi connectivity index (χ4v) is 2.19. The number of hydrogen-bond acceptors (Lipinski definition) is 4. The van der Waals surface area contributed by atoms with Crippen molar-refractivity contribution in [3.63, 3.8) is 0 Å². The number of nitriles is 2. The zero-order valence-electron chi connectivity index (χ0n) is 11.9. The van der Waals surface area contributed by atoms with Gasteiger partial charge in [-0.05, 0) is 17.2 Å². The predicted molar refractivity (Wildman–Crippen MR) is 79.1 cm³/mol. The Hall–Kier alpha value is -3.05.